The SMILES string of the molecule is Cc1ccc2nc(-c3ccc(NC(=O)CCCSc4ccc(Cl)cc4)cc3)sc2c1. The molecule has 3 nitrogen and oxygen atoms in total. The topological polar surface area (TPSA) is 42.0 Å². The van der Waals surface area contributed by atoms with Gasteiger partial charge in [0.2, 0.25) is 5.91 Å². The van der Waals surface area contributed by atoms with E-state index in [2.05, 4.69) is 30.4 Å². The number of benzene rings is 3. The molecule has 1 aromatic heterocycles. The Morgan fingerprint density at radius 2 is 1.83 bits per heavy atom. The molecule has 0 saturated heterocycles. The Kier molecular flexibility index (Phi) is 6.72. The van der Waals surface area contributed by atoms with Crippen molar-refractivity contribution in [3.63, 3.8) is 0 Å². The van der Waals surface area contributed by atoms with Crippen LogP contribution in [0.25, 0.3) is 20.8 Å². The van der Waals surface area contributed by atoms with Crippen LogP contribution in [0, 0.1) is 6.92 Å². The normalized spacial score (nSPS) is 11.0. The van der Waals surface area contributed by atoms with Crippen molar-refractivity contribution in [3.8, 4) is 10.6 Å². The summed E-state index contributed by atoms with van der Waals surface area (Å²) < 4.78 is 1.19. The van der Waals surface area contributed by atoms with Crippen LogP contribution >= 0.6 is 34.7 Å². The van der Waals surface area contributed by atoms with Crippen LogP contribution in [0.2, 0.25) is 5.02 Å². The second-order valence-corrected chi connectivity index (χ2v) is 9.66. The molecule has 0 radical (unpaired) electrons. The third-order valence-electron chi connectivity index (χ3n) is 4.59. The highest BCUT2D eigenvalue weighted by molar-refractivity contribution is 7.99. The highest BCUT2D eigenvalue weighted by atomic mass is 35.5. The number of nitrogens with zero attached hydrogens (tertiary/aromatic N) is 1. The van der Waals surface area contributed by atoms with Gasteiger partial charge in [0, 0.05) is 27.6 Å². The van der Waals surface area contributed by atoms with Gasteiger partial charge in [0.1, 0.15) is 5.01 Å². The molecule has 4 aromatic rings. The number of anilines is 1. The first-order chi connectivity index (χ1) is 14.6. The molecule has 1 N–H and O–H groups in total. The largest absolute Gasteiger partial charge is 0.326 e. The molecule has 0 bridgehead atoms. The van der Waals surface area contributed by atoms with E-state index in [9.17, 15) is 4.79 Å². The van der Waals surface area contributed by atoms with Gasteiger partial charge in [-0.25, -0.2) is 4.98 Å². The fourth-order valence-corrected chi connectivity index (χ4v) is 5.08. The summed E-state index contributed by atoms with van der Waals surface area (Å²) in [6, 6.07) is 22.0. The van der Waals surface area contributed by atoms with Gasteiger partial charge >= 0.3 is 0 Å². The van der Waals surface area contributed by atoms with E-state index in [4.69, 9.17) is 16.6 Å². The van der Waals surface area contributed by atoms with Crippen LogP contribution in [0.1, 0.15) is 18.4 Å². The molecule has 152 valence electrons. The van der Waals surface area contributed by atoms with Gasteiger partial charge in [-0.15, -0.1) is 23.1 Å². The van der Waals surface area contributed by atoms with Crippen molar-refractivity contribution < 1.29 is 4.79 Å². The van der Waals surface area contributed by atoms with E-state index in [1.165, 1.54) is 15.2 Å². The highest BCUT2D eigenvalue weighted by Crippen LogP contribution is 2.31. The van der Waals surface area contributed by atoms with E-state index in [1.54, 1.807) is 23.1 Å². The minimum Gasteiger partial charge on any atom is -0.326 e. The number of rotatable bonds is 7. The first kappa shape index (κ1) is 20.9. The summed E-state index contributed by atoms with van der Waals surface area (Å²) in [6.45, 7) is 2.09. The minimum atomic E-state index is 0.0370. The Morgan fingerprint density at radius 1 is 1.07 bits per heavy atom. The van der Waals surface area contributed by atoms with E-state index in [1.807, 2.05) is 48.5 Å². The Bertz CT molecular complexity index is 1150. The zero-order valence-corrected chi connectivity index (χ0v) is 18.9. The quantitative estimate of drug-likeness (QED) is 0.234. The summed E-state index contributed by atoms with van der Waals surface area (Å²) >= 11 is 9.32. The molecule has 6 heteroatoms. The lowest BCUT2D eigenvalue weighted by atomic mass is 10.2. The third-order valence-corrected chi connectivity index (χ3v) is 7.01. The van der Waals surface area contributed by atoms with Gasteiger partial charge in [-0.2, -0.15) is 0 Å². The Hall–Kier alpha value is -2.34. The number of carbonyl (C=O) groups is 1. The lowest BCUT2D eigenvalue weighted by Gasteiger charge is -2.06. The van der Waals surface area contributed by atoms with Crippen LogP contribution in [-0.4, -0.2) is 16.6 Å². The number of hydrogen-bond acceptors (Lipinski definition) is 4. The van der Waals surface area contributed by atoms with Gasteiger partial charge in [0.15, 0.2) is 0 Å². The monoisotopic (exact) mass is 452 g/mol. The molecule has 0 fully saturated rings. The summed E-state index contributed by atoms with van der Waals surface area (Å²) in [7, 11) is 0. The second-order valence-electron chi connectivity index (χ2n) is 7.02. The number of carbonyl (C=O) groups excluding carboxylic acids is 1. The first-order valence-electron chi connectivity index (χ1n) is 9.73. The van der Waals surface area contributed by atoms with Crippen molar-refractivity contribution in [2.45, 2.75) is 24.7 Å². The van der Waals surface area contributed by atoms with E-state index in [-0.39, 0.29) is 5.91 Å². The number of aryl methyl sites for hydroxylation is 1. The number of fused-ring (bicyclic) bond motifs is 1. The molecule has 0 saturated carbocycles. The number of nitrogens with one attached hydrogen (secondary N) is 1. The molecule has 30 heavy (non-hydrogen) atoms. The van der Waals surface area contributed by atoms with E-state index in [0.29, 0.717) is 6.42 Å². The summed E-state index contributed by atoms with van der Waals surface area (Å²) in [6.07, 6.45) is 1.32. The Balaban J connectivity index is 1.28. The lowest BCUT2D eigenvalue weighted by molar-refractivity contribution is -0.116. The fourth-order valence-electron chi connectivity index (χ4n) is 3.03. The predicted molar refractivity (Wildman–Crippen MR) is 130 cm³/mol. The standard InChI is InChI=1S/C24H21ClN2OS2/c1-16-4-13-21-22(15-16)30-24(27-21)17-5-9-19(10-6-17)26-23(28)3-2-14-29-20-11-7-18(25)8-12-20/h4-13,15H,2-3,14H2,1H3,(H,26,28). The number of aromatic nitrogens is 1. The molecule has 0 atom stereocenters. The first-order valence-corrected chi connectivity index (χ1v) is 11.9. The van der Waals surface area contributed by atoms with Crippen LogP contribution in [-0.2, 0) is 4.79 Å². The predicted octanol–water partition coefficient (Wildman–Crippen LogP) is 7.44. The maximum atomic E-state index is 12.2. The van der Waals surface area contributed by atoms with Crippen LogP contribution in [0.15, 0.2) is 71.6 Å². The van der Waals surface area contributed by atoms with E-state index in [0.717, 1.165) is 39.0 Å². The molecule has 0 aliphatic rings. The summed E-state index contributed by atoms with van der Waals surface area (Å²) in [5.41, 5.74) is 4.13. The van der Waals surface area contributed by atoms with Gasteiger partial charge in [-0.3, -0.25) is 4.79 Å². The smallest absolute Gasteiger partial charge is 0.224 e. The van der Waals surface area contributed by atoms with Crippen LogP contribution in [0.3, 0.4) is 0 Å². The Morgan fingerprint density at radius 3 is 2.60 bits per heavy atom. The number of amides is 1. The molecule has 0 spiro atoms. The average Bonchev–Trinajstić information content (AvgIpc) is 3.16. The molecule has 3 aromatic carbocycles. The average molecular weight is 453 g/mol. The summed E-state index contributed by atoms with van der Waals surface area (Å²) in [5, 5.41) is 4.71. The second kappa shape index (κ2) is 9.65. The van der Waals surface area contributed by atoms with E-state index >= 15 is 0 Å². The lowest BCUT2D eigenvalue weighted by Crippen LogP contribution is -2.11. The molecule has 0 aliphatic carbocycles. The third kappa shape index (κ3) is 5.42. The maximum absolute atomic E-state index is 12.2. The Labute approximate surface area is 189 Å². The van der Waals surface area contributed by atoms with E-state index < -0.39 is 0 Å². The molecule has 4 rings (SSSR count). The molecule has 1 amide bonds. The highest BCUT2D eigenvalue weighted by Gasteiger charge is 2.08. The van der Waals surface area contributed by atoms with Crippen molar-refractivity contribution in [1.29, 1.82) is 0 Å². The number of halogens is 1. The van der Waals surface area contributed by atoms with Gasteiger partial charge < -0.3 is 5.32 Å². The number of thioether (sulfide) groups is 1. The fraction of sp³-hybridized carbons (Fsp3) is 0.167. The molecular weight excluding hydrogens is 432 g/mol. The molecule has 0 aliphatic heterocycles. The van der Waals surface area contributed by atoms with Crippen LogP contribution < -0.4 is 5.32 Å². The van der Waals surface area contributed by atoms with Crippen molar-refractivity contribution in [1.82, 2.24) is 4.98 Å². The van der Waals surface area contributed by atoms with Crippen molar-refractivity contribution in [2.75, 3.05) is 11.1 Å². The summed E-state index contributed by atoms with van der Waals surface area (Å²) in [4.78, 5) is 18.1. The maximum Gasteiger partial charge on any atom is 0.224 e. The zero-order valence-electron chi connectivity index (χ0n) is 16.5. The van der Waals surface area contributed by atoms with Gasteiger partial charge in [0.05, 0.1) is 10.2 Å². The van der Waals surface area contributed by atoms with Crippen molar-refractivity contribution in [3.05, 3.63) is 77.3 Å². The molecular formula is C24H21ClN2OS2. The van der Waals surface area contributed by atoms with Gasteiger partial charge in [-0.1, -0.05) is 17.7 Å². The van der Waals surface area contributed by atoms with Crippen molar-refractivity contribution in [2.24, 2.45) is 0 Å². The van der Waals surface area contributed by atoms with Crippen molar-refractivity contribution >= 4 is 56.5 Å². The summed E-state index contributed by atoms with van der Waals surface area (Å²) in [5.74, 6) is 0.931. The van der Waals surface area contributed by atoms with Crippen LogP contribution in [0.5, 0.6) is 0 Å². The zero-order chi connectivity index (χ0) is 20.9. The molecule has 0 unspecified atom stereocenters. The molecule has 1 heterocycles. The van der Waals surface area contributed by atoms with Gasteiger partial charge in [0.25, 0.3) is 0 Å². The number of hydrogen-bond donors (Lipinski definition) is 1. The number of thiazole rings is 1. The van der Waals surface area contributed by atoms with Gasteiger partial charge in [-0.05, 0) is 85.3 Å². The minimum absolute atomic E-state index is 0.0370. The van der Waals surface area contributed by atoms with Crippen LogP contribution in [0.4, 0.5) is 5.69 Å².